The third kappa shape index (κ3) is 4.70. The van der Waals surface area contributed by atoms with Crippen LogP contribution in [-0.2, 0) is 9.59 Å². The summed E-state index contributed by atoms with van der Waals surface area (Å²) in [6.45, 7) is 2.81. The molecule has 0 aromatic heterocycles. The van der Waals surface area contributed by atoms with Gasteiger partial charge in [-0.3, -0.25) is 9.59 Å². The normalized spacial score (nSPS) is 17.2. The van der Waals surface area contributed by atoms with Gasteiger partial charge in [0.25, 0.3) is 0 Å². The van der Waals surface area contributed by atoms with Gasteiger partial charge in [-0.1, -0.05) is 17.7 Å². The number of anilines is 1. The van der Waals surface area contributed by atoms with Crippen molar-refractivity contribution < 1.29 is 19.5 Å². The van der Waals surface area contributed by atoms with Gasteiger partial charge in [0.15, 0.2) is 0 Å². The maximum atomic E-state index is 12.4. The molecule has 0 aliphatic carbocycles. The summed E-state index contributed by atoms with van der Waals surface area (Å²) < 4.78 is 0. The lowest BCUT2D eigenvalue weighted by Gasteiger charge is -2.17. The number of aryl methyl sites for hydroxylation is 1. The van der Waals surface area contributed by atoms with E-state index in [-0.39, 0.29) is 18.9 Å². The number of amides is 3. The summed E-state index contributed by atoms with van der Waals surface area (Å²) in [6, 6.07) is 6.68. The second kappa shape index (κ2) is 7.62. The largest absolute Gasteiger partial charge is 0.481 e. The van der Waals surface area contributed by atoms with Gasteiger partial charge in [0.2, 0.25) is 5.91 Å². The first-order valence-corrected chi connectivity index (χ1v) is 7.61. The van der Waals surface area contributed by atoms with E-state index in [1.165, 1.54) is 0 Å². The first-order chi connectivity index (χ1) is 11.0. The van der Waals surface area contributed by atoms with Gasteiger partial charge in [-0.25, -0.2) is 4.79 Å². The number of nitrogens with one attached hydrogen (secondary N) is 2. The molecule has 1 atom stereocenters. The van der Waals surface area contributed by atoms with E-state index in [0.29, 0.717) is 19.4 Å². The van der Waals surface area contributed by atoms with Gasteiger partial charge in [-0.05, 0) is 31.9 Å². The zero-order valence-electron chi connectivity index (χ0n) is 13.0. The van der Waals surface area contributed by atoms with Gasteiger partial charge in [0.05, 0.1) is 0 Å². The molecule has 3 N–H and O–H groups in total. The highest BCUT2D eigenvalue weighted by molar-refractivity contribution is 6.01. The van der Waals surface area contributed by atoms with Crippen LogP contribution in [0.3, 0.4) is 0 Å². The summed E-state index contributed by atoms with van der Waals surface area (Å²) in [5, 5.41) is 13.7. The molecule has 1 aliphatic rings. The number of carbonyl (C=O) groups excluding carboxylic acids is 2. The van der Waals surface area contributed by atoms with Crippen LogP contribution in [0.4, 0.5) is 10.5 Å². The molecule has 3 amide bonds. The molecule has 1 aromatic carbocycles. The molecule has 0 bridgehead atoms. The van der Waals surface area contributed by atoms with Gasteiger partial charge in [0, 0.05) is 25.2 Å². The van der Waals surface area contributed by atoms with E-state index in [9.17, 15) is 14.4 Å². The molecule has 124 valence electrons. The van der Waals surface area contributed by atoms with E-state index in [1.807, 2.05) is 31.2 Å². The van der Waals surface area contributed by atoms with Crippen molar-refractivity contribution in [3.05, 3.63) is 29.8 Å². The zero-order valence-corrected chi connectivity index (χ0v) is 13.0. The number of benzene rings is 1. The number of hydrogen-bond donors (Lipinski definition) is 3. The third-order valence-electron chi connectivity index (χ3n) is 3.71. The number of hydrogen-bond acceptors (Lipinski definition) is 3. The molecule has 1 heterocycles. The summed E-state index contributed by atoms with van der Waals surface area (Å²) in [5.41, 5.74) is 1.95. The van der Waals surface area contributed by atoms with Crippen LogP contribution in [0.2, 0.25) is 0 Å². The molecule has 0 spiro atoms. The maximum Gasteiger partial charge on any atom is 0.315 e. The first kappa shape index (κ1) is 16.8. The van der Waals surface area contributed by atoms with Gasteiger partial charge < -0.3 is 20.6 Å². The molecule has 1 aromatic rings. The average Bonchev–Trinajstić information content (AvgIpc) is 2.86. The van der Waals surface area contributed by atoms with E-state index in [2.05, 4.69) is 10.6 Å². The standard InChI is InChI=1S/C16H21N3O4/c1-11-4-6-12(7-5-11)19-10-8-13(15(19)22)18-16(23)17-9-2-3-14(20)21/h4-7,13H,2-3,8-10H2,1H3,(H,20,21)(H2,17,18,23). The molecule has 7 nitrogen and oxygen atoms in total. The summed E-state index contributed by atoms with van der Waals surface area (Å²) in [6.07, 6.45) is 0.913. The summed E-state index contributed by atoms with van der Waals surface area (Å²) in [7, 11) is 0. The van der Waals surface area contributed by atoms with Crippen LogP contribution >= 0.6 is 0 Å². The van der Waals surface area contributed by atoms with Crippen LogP contribution in [0.1, 0.15) is 24.8 Å². The average molecular weight is 319 g/mol. The molecule has 1 fully saturated rings. The molecule has 1 saturated heterocycles. The minimum atomic E-state index is -0.896. The Kier molecular flexibility index (Phi) is 5.56. The maximum absolute atomic E-state index is 12.4. The molecule has 1 unspecified atom stereocenters. The Hall–Kier alpha value is -2.57. The Balaban J connectivity index is 1.81. The Morgan fingerprint density at radius 3 is 2.65 bits per heavy atom. The second-order valence-corrected chi connectivity index (χ2v) is 5.56. The lowest BCUT2D eigenvalue weighted by Crippen LogP contribution is -2.46. The van der Waals surface area contributed by atoms with E-state index in [4.69, 9.17) is 5.11 Å². The van der Waals surface area contributed by atoms with Crippen LogP contribution in [-0.4, -0.2) is 42.1 Å². The Bertz CT molecular complexity index is 585. The number of aliphatic carboxylic acids is 1. The van der Waals surface area contributed by atoms with Gasteiger partial charge in [-0.2, -0.15) is 0 Å². The van der Waals surface area contributed by atoms with Gasteiger partial charge >= 0.3 is 12.0 Å². The second-order valence-electron chi connectivity index (χ2n) is 5.56. The Morgan fingerprint density at radius 2 is 2.00 bits per heavy atom. The molecule has 1 aliphatic heterocycles. The quantitative estimate of drug-likeness (QED) is 0.688. The summed E-state index contributed by atoms with van der Waals surface area (Å²) in [5.74, 6) is -1.03. The minimum Gasteiger partial charge on any atom is -0.481 e. The number of urea groups is 1. The topological polar surface area (TPSA) is 98.7 Å². The van der Waals surface area contributed by atoms with Crippen molar-refractivity contribution >= 4 is 23.6 Å². The number of nitrogens with zero attached hydrogens (tertiary/aromatic N) is 1. The Morgan fingerprint density at radius 1 is 1.30 bits per heavy atom. The zero-order chi connectivity index (χ0) is 16.8. The number of carboxylic acid groups (broad SMARTS) is 1. The highest BCUT2D eigenvalue weighted by Gasteiger charge is 2.33. The van der Waals surface area contributed by atoms with Crippen molar-refractivity contribution in [2.45, 2.75) is 32.2 Å². The van der Waals surface area contributed by atoms with Crippen LogP contribution in [0.5, 0.6) is 0 Å². The van der Waals surface area contributed by atoms with Gasteiger partial charge in [-0.15, -0.1) is 0 Å². The van der Waals surface area contributed by atoms with Crippen molar-refractivity contribution in [1.29, 1.82) is 0 Å². The molecule has 0 radical (unpaired) electrons. The molecular formula is C16H21N3O4. The molecule has 7 heteroatoms. The van der Waals surface area contributed by atoms with Crippen LogP contribution in [0.15, 0.2) is 24.3 Å². The van der Waals surface area contributed by atoms with E-state index >= 15 is 0 Å². The monoisotopic (exact) mass is 319 g/mol. The lowest BCUT2D eigenvalue weighted by molar-refractivity contribution is -0.137. The van der Waals surface area contributed by atoms with Crippen LogP contribution in [0.25, 0.3) is 0 Å². The number of carboxylic acids is 1. The van der Waals surface area contributed by atoms with Crippen molar-refractivity contribution in [2.75, 3.05) is 18.0 Å². The van der Waals surface area contributed by atoms with E-state index < -0.39 is 18.0 Å². The van der Waals surface area contributed by atoms with E-state index in [1.54, 1.807) is 4.90 Å². The smallest absolute Gasteiger partial charge is 0.315 e. The van der Waals surface area contributed by atoms with Gasteiger partial charge in [0.1, 0.15) is 6.04 Å². The minimum absolute atomic E-state index is 0.00381. The highest BCUT2D eigenvalue weighted by Crippen LogP contribution is 2.21. The fourth-order valence-corrected chi connectivity index (χ4v) is 2.45. The Labute approximate surface area is 134 Å². The lowest BCUT2D eigenvalue weighted by atomic mass is 10.2. The van der Waals surface area contributed by atoms with Crippen LogP contribution in [0, 0.1) is 6.92 Å². The first-order valence-electron chi connectivity index (χ1n) is 7.61. The summed E-state index contributed by atoms with van der Waals surface area (Å²) >= 11 is 0. The highest BCUT2D eigenvalue weighted by atomic mass is 16.4. The third-order valence-corrected chi connectivity index (χ3v) is 3.71. The fourth-order valence-electron chi connectivity index (χ4n) is 2.45. The predicted octanol–water partition coefficient (Wildman–Crippen LogP) is 1.26. The SMILES string of the molecule is Cc1ccc(N2CCC(NC(=O)NCCCC(=O)O)C2=O)cc1. The molecular weight excluding hydrogens is 298 g/mol. The number of rotatable bonds is 6. The van der Waals surface area contributed by atoms with Crippen LogP contribution < -0.4 is 15.5 Å². The molecule has 23 heavy (non-hydrogen) atoms. The van der Waals surface area contributed by atoms with Crippen molar-refractivity contribution in [1.82, 2.24) is 10.6 Å². The molecule has 0 saturated carbocycles. The predicted molar refractivity (Wildman–Crippen MR) is 85.3 cm³/mol. The van der Waals surface area contributed by atoms with Crippen molar-refractivity contribution in [2.24, 2.45) is 0 Å². The number of carbonyl (C=O) groups is 3. The van der Waals surface area contributed by atoms with E-state index in [0.717, 1.165) is 11.3 Å². The molecule has 2 rings (SSSR count). The summed E-state index contributed by atoms with van der Waals surface area (Å²) in [4.78, 5) is 36.1. The van der Waals surface area contributed by atoms with Crippen molar-refractivity contribution in [3.63, 3.8) is 0 Å². The fraction of sp³-hybridized carbons (Fsp3) is 0.438. The van der Waals surface area contributed by atoms with Crippen molar-refractivity contribution in [3.8, 4) is 0 Å².